The number of ether oxygens (including phenoxy) is 2. The molecule has 0 spiro atoms. The van der Waals surface area contributed by atoms with E-state index in [-0.39, 0.29) is 48.3 Å². The van der Waals surface area contributed by atoms with E-state index < -0.39 is 21.6 Å². The van der Waals surface area contributed by atoms with Gasteiger partial charge in [-0.1, -0.05) is 12.8 Å². The highest BCUT2D eigenvalue weighted by Gasteiger charge is 2.31. The quantitative estimate of drug-likeness (QED) is 0.254. The van der Waals surface area contributed by atoms with Gasteiger partial charge < -0.3 is 19.3 Å². The minimum absolute atomic E-state index is 0.0719. The van der Waals surface area contributed by atoms with Crippen LogP contribution in [0.1, 0.15) is 48.1 Å². The third-order valence-electron chi connectivity index (χ3n) is 7.34. The summed E-state index contributed by atoms with van der Waals surface area (Å²) in [5, 5.41) is 9.43. The molecule has 1 aromatic carbocycles. The number of methoxy groups -OCH3 is 1. The molecule has 236 valence electrons. The summed E-state index contributed by atoms with van der Waals surface area (Å²) in [5.41, 5.74) is 0.622. The van der Waals surface area contributed by atoms with Crippen LogP contribution in [-0.2, 0) is 29.1 Å². The van der Waals surface area contributed by atoms with Crippen molar-refractivity contribution >= 4 is 21.5 Å². The Morgan fingerprint density at radius 2 is 1.80 bits per heavy atom. The van der Waals surface area contributed by atoms with Crippen molar-refractivity contribution in [3.63, 3.8) is 0 Å². The molecule has 44 heavy (non-hydrogen) atoms. The fourth-order valence-corrected chi connectivity index (χ4v) is 5.58. The van der Waals surface area contributed by atoms with Crippen LogP contribution >= 0.6 is 0 Å². The van der Waals surface area contributed by atoms with Gasteiger partial charge in [0.1, 0.15) is 6.61 Å². The van der Waals surface area contributed by atoms with Gasteiger partial charge in [-0.25, -0.2) is 23.4 Å². The fourth-order valence-electron chi connectivity index (χ4n) is 5.20. The first-order valence-corrected chi connectivity index (χ1v) is 16.1. The van der Waals surface area contributed by atoms with Gasteiger partial charge in [0, 0.05) is 32.5 Å². The van der Waals surface area contributed by atoms with Crippen LogP contribution in [0.25, 0.3) is 0 Å². The van der Waals surface area contributed by atoms with E-state index in [4.69, 9.17) is 14.5 Å². The first-order chi connectivity index (χ1) is 20.8. The first-order valence-electron chi connectivity index (χ1n) is 14.1. The summed E-state index contributed by atoms with van der Waals surface area (Å²) >= 11 is 0. The Labute approximate surface area is 255 Å². The predicted molar refractivity (Wildman–Crippen MR) is 159 cm³/mol. The highest BCUT2D eigenvalue weighted by Crippen LogP contribution is 2.33. The number of benzene rings is 1. The molecular weight excluding hydrogens is 597 g/mol. The smallest absolute Gasteiger partial charge is 0.416 e. The highest BCUT2D eigenvalue weighted by atomic mass is 32.2. The van der Waals surface area contributed by atoms with Crippen LogP contribution < -0.4 is 19.3 Å². The summed E-state index contributed by atoms with van der Waals surface area (Å²) in [4.78, 5) is 17.2. The van der Waals surface area contributed by atoms with Crippen LogP contribution in [0.4, 0.5) is 24.8 Å². The lowest BCUT2D eigenvalue weighted by molar-refractivity contribution is -0.137. The Balaban J connectivity index is 1.69. The van der Waals surface area contributed by atoms with Crippen LogP contribution in [0.3, 0.4) is 0 Å². The van der Waals surface area contributed by atoms with Crippen molar-refractivity contribution in [2.45, 2.75) is 44.9 Å². The third-order valence-corrected chi connectivity index (χ3v) is 8.24. The molecule has 1 fully saturated rings. The molecule has 1 saturated carbocycles. The zero-order valence-electron chi connectivity index (χ0n) is 24.8. The van der Waals surface area contributed by atoms with Crippen molar-refractivity contribution in [1.29, 1.82) is 5.26 Å². The molecule has 2 aromatic heterocycles. The molecule has 3 aromatic rings. The minimum Gasteiger partial charge on any atom is -0.489 e. The van der Waals surface area contributed by atoms with Crippen molar-refractivity contribution < 1.29 is 31.1 Å². The number of nitriles is 1. The van der Waals surface area contributed by atoms with Crippen LogP contribution in [0.2, 0.25) is 0 Å². The molecule has 0 bridgehead atoms. The Hall–Kier alpha value is -4.12. The van der Waals surface area contributed by atoms with Crippen molar-refractivity contribution in [2.75, 3.05) is 49.1 Å². The molecule has 0 radical (unpaired) electrons. The largest absolute Gasteiger partial charge is 0.489 e. The molecule has 0 N–H and O–H groups in total. The summed E-state index contributed by atoms with van der Waals surface area (Å²) in [5.74, 6) is 1.15. The summed E-state index contributed by atoms with van der Waals surface area (Å²) in [6.45, 7) is 0.776. The Morgan fingerprint density at radius 1 is 1.09 bits per heavy atom. The van der Waals surface area contributed by atoms with Gasteiger partial charge in [0.05, 0.1) is 60.4 Å². The standard InChI is InChI=1S/C30H35F3N6O4S/c1-38(18-21-6-4-5-7-21)27-8-9-28(42-2)37-26(27)20-39(19-23-12-22(15-34)13-24(14-23)30(31,32)33)29-35-16-25(17-36-29)43-10-11-44(3,40)41/h8-9,12-14,16-17,21H,4-7,10-11,18-20H2,1-3H3. The van der Waals surface area contributed by atoms with Gasteiger partial charge in [-0.3, -0.25) is 0 Å². The van der Waals surface area contributed by atoms with E-state index in [0.29, 0.717) is 17.5 Å². The van der Waals surface area contributed by atoms with E-state index in [1.54, 1.807) is 11.0 Å². The number of anilines is 2. The maximum atomic E-state index is 13.7. The topological polar surface area (TPSA) is 122 Å². The van der Waals surface area contributed by atoms with Crippen LogP contribution in [-0.4, -0.2) is 62.7 Å². The second kappa shape index (κ2) is 14.1. The summed E-state index contributed by atoms with van der Waals surface area (Å²) in [6, 6.07) is 8.70. The van der Waals surface area contributed by atoms with Gasteiger partial charge in [-0.05, 0) is 48.6 Å². The van der Waals surface area contributed by atoms with Crippen molar-refractivity contribution in [2.24, 2.45) is 5.92 Å². The number of hydrogen-bond acceptors (Lipinski definition) is 10. The Bertz CT molecular complexity index is 1570. The van der Waals surface area contributed by atoms with E-state index in [0.717, 1.165) is 43.5 Å². The second-order valence-corrected chi connectivity index (χ2v) is 13.2. The lowest BCUT2D eigenvalue weighted by atomic mass is 10.1. The minimum atomic E-state index is -4.64. The first kappa shape index (κ1) is 32.8. The number of pyridine rings is 1. The molecule has 2 heterocycles. The molecule has 14 heteroatoms. The molecule has 0 unspecified atom stereocenters. The van der Waals surface area contributed by atoms with Gasteiger partial charge in [0.25, 0.3) is 0 Å². The zero-order valence-corrected chi connectivity index (χ0v) is 25.7. The van der Waals surface area contributed by atoms with Crippen molar-refractivity contribution in [3.05, 3.63) is 65.1 Å². The predicted octanol–water partition coefficient (Wildman–Crippen LogP) is 5.03. The molecule has 1 aliphatic carbocycles. The van der Waals surface area contributed by atoms with E-state index in [2.05, 4.69) is 14.9 Å². The van der Waals surface area contributed by atoms with Crippen molar-refractivity contribution in [3.8, 4) is 17.7 Å². The van der Waals surface area contributed by atoms with E-state index in [9.17, 15) is 26.9 Å². The SMILES string of the molecule is COc1ccc(N(C)CC2CCCC2)c(CN(Cc2cc(C#N)cc(C(F)(F)F)c2)c2ncc(OCCS(C)(=O)=O)cn2)n1. The molecule has 4 rings (SSSR count). The molecule has 0 atom stereocenters. The number of rotatable bonds is 13. The van der Waals surface area contributed by atoms with Crippen LogP contribution in [0.15, 0.2) is 42.7 Å². The fraction of sp³-hybridized carbons (Fsp3) is 0.467. The molecule has 1 aliphatic rings. The van der Waals surface area contributed by atoms with Gasteiger partial charge in [0.15, 0.2) is 15.6 Å². The molecule has 0 aliphatic heterocycles. The molecule has 0 amide bonds. The summed E-state index contributed by atoms with van der Waals surface area (Å²) in [7, 11) is 0.262. The van der Waals surface area contributed by atoms with E-state index in [1.165, 1.54) is 38.4 Å². The van der Waals surface area contributed by atoms with Crippen LogP contribution in [0, 0.1) is 17.2 Å². The van der Waals surface area contributed by atoms with E-state index >= 15 is 0 Å². The van der Waals surface area contributed by atoms with Crippen LogP contribution in [0.5, 0.6) is 11.6 Å². The lowest BCUT2D eigenvalue weighted by Gasteiger charge is -2.28. The van der Waals surface area contributed by atoms with Gasteiger partial charge >= 0.3 is 6.18 Å². The normalized spacial score (nSPS) is 13.8. The maximum Gasteiger partial charge on any atom is 0.416 e. The second-order valence-electron chi connectivity index (χ2n) is 10.9. The third kappa shape index (κ3) is 9.19. The average Bonchev–Trinajstić information content (AvgIpc) is 3.49. The molecule has 0 saturated heterocycles. The molecule has 10 nitrogen and oxygen atoms in total. The van der Waals surface area contributed by atoms with Gasteiger partial charge in [-0.2, -0.15) is 18.4 Å². The number of aromatic nitrogens is 3. The van der Waals surface area contributed by atoms with Gasteiger partial charge in [-0.15, -0.1) is 0 Å². The van der Waals surface area contributed by atoms with E-state index in [1.807, 2.05) is 19.2 Å². The number of alkyl halides is 3. The average molecular weight is 633 g/mol. The number of halogens is 3. The Morgan fingerprint density at radius 3 is 2.41 bits per heavy atom. The van der Waals surface area contributed by atoms with Crippen molar-refractivity contribution in [1.82, 2.24) is 15.0 Å². The number of nitrogens with zero attached hydrogens (tertiary/aromatic N) is 6. The highest BCUT2D eigenvalue weighted by molar-refractivity contribution is 7.90. The lowest BCUT2D eigenvalue weighted by Crippen LogP contribution is -2.29. The summed E-state index contributed by atoms with van der Waals surface area (Å²) < 4.78 is 74.7. The monoisotopic (exact) mass is 632 g/mol. The van der Waals surface area contributed by atoms with Gasteiger partial charge in [0.2, 0.25) is 11.8 Å². The Kier molecular flexibility index (Phi) is 10.5. The number of hydrogen-bond donors (Lipinski definition) is 0. The summed E-state index contributed by atoms with van der Waals surface area (Å²) in [6.07, 6.45) is 3.91. The number of sulfone groups is 1. The zero-order chi connectivity index (χ0) is 31.9. The molecular formula is C30H35F3N6O4S. The maximum absolute atomic E-state index is 13.7.